The fourth-order valence-corrected chi connectivity index (χ4v) is 29.9. The minimum absolute atomic E-state index is 0.136. The van der Waals surface area contributed by atoms with E-state index in [0.717, 1.165) is 74.4 Å². The average Bonchev–Trinajstić information content (AvgIpc) is 4.02. The maximum absolute atomic E-state index is 12.2. The van der Waals surface area contributed by atoms with Gasteiger partial charge in [-0.3, -0.25) is 28.8 Å². The largest absolute Gasteiger partial charge is 0.365 e. The first-order valence-electron chi connectivity index (χ1n) is 14.8. The lowest BCUT2D eigenvalue weighted by Gasteiger charge is -2.07. The maximum Gasteiger partial charge on any atom is 0.256 e. The molecule has 6 aliphatic rings. The van der Waals surface area contributed by atoms with E-state index in [4.69, 9.17) is 34.4 Å². The van der Waals surface area contributed by atoms with Crippen LogP contribution in [0.25, 0.3) is 0 Å². The Kier molecular flexibility index (Phi) is 18.0. The molecule has 0 radical (unpaired) electrons. The molecular formula is C28H22N6O6S18. The fourth-order valence-electron chi connectivity index (χ4n) is 4.06. The van der Waals surface area contributed by atoms with Crippen LogP contribution in [0.4, 0.5) is 0 Å². The van der Waals surface area contributed by atoms with Gasteiger partial charge in [-0.05, 0) is 12.5 Å². The molecule has 0 bridgehead atoms. The second kappa shape index (κ2) is 21.6. The predicted octanol–water partition coefficient (Wildman–Crippen LogP) is 8.75. The molecule has 0 aromatic carbocycles. The van der Waals surface area contributed by atoms with Crippen molar-refractivity contribution in [3.05, 3.63) is 80.3 Å². The number of thioether (sulfide) groups is 18. The van der Waals surface area contributed by atoms with Crippen LogP contribution in [0.3, 0.4) is 0 Å². The van der Waals surface area contributed by atoms with Crippen molar-refractivity contribution in [3.8, 4) is 0 Å². The summed E-state index contributed by atoms with van der Waals surface area (Å²) in [4.78, 5) is 73.3. The van der Waals surface area contributed by atoms with Crippen molar-refractivity contribution in [2.75, 3.05) is 22.7 Å². The van der Waals surface area contributed by atoms with E-state index in [9.17, 15) is 28.8 Å². The summed E-state index contributed by atoms with van der Waals surface area (Å²) in [6.07, 6.45) is 4.00. The summed E-state index contributed by atoms with van der Waals surface area (Å²) in [5, 5.41) is 1.34. The van der Waals surface area contributed by atoms with E-state index in [0.29, 0.717) is 10.2 Å². The van der Waals surface area contributed by atoms with Crippen molar-refractivity contribution >= 4 is 247 Å². The monoisotopic (exact) mass is 1110 g/mol. The van der Waals surface area contributed by atoms with Gasteiger partial charge in [0.1, 0.15) is 0 Å². The van der Waals surface area contributed by atoms with Crippen LogP contribution in [0.5, 0.6) is 0 Å². The van der Waals surface area contributed by atoms with Gasteiger partial charge in [-0.15, -0.1) is 70.6 Å². The van der Waals surface area contributed by atoms with Gasteiger partial charge in [-0.2, -0.15) is 0 Å². The van der Waals surface area contributed by atoms with E-state index in [1.165, 1.54) is 47.0 Å². The first-order chi connectivity index (χ1) is 27.6. The second-order valence-corrected chi connectivity index (χ2v) is 31.7. The lowest BCUT2D eigenvalue weighted by atomic mass is 10.4. The summed E-state index contributed by atoms with van der Waals surface area (Å²) >= 11 is 26.5. The van der Waals surface area contributed by atoms with Crippen molar-refractivity contribution in [2.24, 2.45) is 34.4 Å². The Bertz CT molecular complexity index is 2050. The number of carbonyl (C=O) groups excluding carboxylic acids is 6. The van der Waals surface area contributed by atoms with Gasteiger partial charge in [-0.25, -0.2) is 0 Å². The molecule has 0 spiro atoms. The summed E-state index contributed by atoms with van der Waals surface area (Å²) in [5.74, 6) is -4.16. The topological polar surface area (TPSA) is 259 Å². The predicted molar refractivity (Wildman–Crippen MR) is 277 cm³/mol. The molecule has 308 valence electrons. The molecule has 30 heteroatoms. The Morgan fingerprint density at radius 3 is 0.690 bits per heavy atom. The lowest BCUT2D eigenvalue weighted by molar-refractivity contribution is -0.116. The quantitative estimate of drug-likeness (QED) is 0.0789. The summed E-state index contributed by atoms with van der Waals surface area (Å²) < 4.78 is 11.7. The van der Waals surface area contributed by atoms with Gasteiger partial charge >= 0.3 is 0 Å². The molecule has 12 nitrogen and oxygen atoms in total. The molecule has 0 aromatic heterocycles. The minimum atomic E-state index is -0.707. The first-order valence-corrected chi connectivity index (χ1v) is 31.0. The molecule has 6 amide bonds. The second-order valence-electron chi connectivity index (χ2n) is 10.1. The van der Waals surface area contributed by atoms with E-state index in [2.05, 4.69) is 0 Å². The van der Waals surface area contributed by atoms with Crippen LogP contribution in [0.2, 0.25) is 0 Å². The third kappa shape index (κ3) is 11.3. The van der Waals surface area contributed by atoms with E-state index in [1.54, 1.807) is 141 Å². The standard InChI is InChI=1S/C28H22N6O6S18/c1-41-17-19(55-26(53-17)23-47-5(11(29)35)6(48-23)12(30)36)43-3-45-21-22(58-28(57-21)25-51-9(15(33)39)10(52-25)16(34)40)46-4-44-20-18(42-2)54-27(56-20)24-49-7(13(31)37)8(50-24)14(32)38/h3-4H2,1-2H3,(H2,29,35)(H2,30,36)(H2,31,37)(H2,32,38)(H2,33,39)(H2,34,40). The number of hydrogen-bond donors (Lipinski definition) is 6. The Morgan fingerprint density at radius 1 is 0.328 bits per heavy atom. The molecule has 58 heavy (non-hydrogen) atoms. The van der Waals surface area contributed by atoms with Crippen molar-refractivity contribution in [2.45, 2.75) is 0 Å². The minimum Gasteiger partial charge on any atom is -0.365 e. The van der Waals surface area contributed by atoms with Gasteiger partial charge in [0.05, 0.1) is 80.3 Å². The Morgan fingerprint density at radius 2 is 0.500 bits per heavy atom. The van der Waals surface area contributed by atoms with Crippen LogP contribution in [0.1, 0.15) is 0 Å². The Balaban J connectivity index is 1.15. The van der Waals surface area contributed by atoms with Crippen LogP contribution in [0.15, 0.2) is 80.3 Å². The van der Waals surface area contributed by atoms with Gasteiger partial charge in [0, 0.05) is 10.2 Å². The van der Waals surface area contributed by atoms with Crippen LogP contribution in [-0.4, -0.2) is 58.1 Å². The van der Waals surface area contributed by atoms with E-state index >= 15 is 0 Å². The number of primary amides is 6. The number of hydrogen-bond acceptors (Lipinski definition) is 24. The highest BCUT2D eigenvalue weighted by atomic mass is 32.3. The molecule has 6 heterocycles. The van der Waals surface area contributed by atoms with E-state index < -0.39 is 35.4 Å². The summed E-state index contributed by atoms with van der Waals surface area (Å²) in [7, 11) is 0. The summed E-state index contributed by atoms with van der Waals surface area (Å²) in [6, 6.07) is 0. The van der Waals surface area contributed by atoms with Crippen LogP contribution < -0.4 is 34.4 Å². The highest BCUT2D eigenvalue weighted by molar-refractivity contribution is 8.47. The molecule has 0 atom stereocenters. The SMILES string of the molecule is CSC1=C(SCSC2=C(SCSC3=C(SC)SC(=C4SC(C(N)=O)=C(C(N)=O)S4)S3)SC(=C3SC(C(N)=O)=C(C(N)=O)S3)S2)SC(=C2SC(C(N)=O)=C(C(N)=O)S2)S1. The third-order valence-electron chi connectivity index (χ3n) is 6.37. The number of nitrogens with two attached hydrogens (primary N) is 6. The normalized spacial score (nSPS) is 20.2. The fraction of sp³-hybridized carbons (Fsp3) is 0.143. The van der Waals surface area contributed by atoms with Gasteiger partial charge in [0.2, 0.25) is 0 Å². The first kappa shape index (κ1) is 48.2. The molecule has 0 unspecified atom stereocenters. The zero-order chi connectivity index (χ0) is 42.0. The van der Waals surface area contributed by atoms with Crippen LogP contribution in [-0.2, 0) is 28.8 Å². The van der Waals surface area contributed by atoms with Gasteiger partial charge in [0.15, 0.2) is 0 Å². The number of amides is 6. The number of rotatable bonds is 16. The van der Waals surface area contributed by atoms with Crippen molar-refractivity contribution in [1.82, 2.24) is 0 Å². The molecular weight excluding hydrogens is 1090 g/mol. The molecule has 0 saturated carbocycles. The van der Waals surface area contributed by atoms with Gasteiger partial charge in [-0.1, -0.05) is 141 Å². The molecule has 12 N–H and O–H groups in total. The smallest absolute Gasteiger partial charge is 0.256 e. The van der Waals surface area contributed by atoms with Gasteiger partial charge < -0.3 is 34.4 Å². The molecule has 6 rings (SSSR count). The van der Waals surface area contributed by atoms with Crippen LogP contribution in [0, 0.1) is 0 Å². The zero-order valence-corrected chi connectivity index (χ0v) is 43.4. The van der Waals surface area contributed by atoms with Crippen molar-refractivity contribution in [1.29, 1.82) is 0 Å². The highest BCUT2D eigenvalue weighted by Gasteiger charge is 2.37. The van der Waals surface area contributed by atoms with Crippen molar-refractivity contribution in [3.63, 3.8) is 0 Å². The van der Waals surface area contributed by atoms with Crippen LogP contribution >= 0.6 is 212 Å². The molecule has 0 aromatic rings. The van der Waals surface area contributed by atoms with Gasteiger partial charge in [0.25, 0.3) is 35.4 Å². The summed E-state index contributed by atoms with van der Waals surface area (Å²) in [6.45, 7) is 0. The molecule has 0 aliphatic carbocycles. The number of carbonyl (C=O) groups is 6. The maximum atomic E-state index is 12.2. The molecule has 0 fully saturated rings. The Labute approximate surface area is 408 Å². The third-order valence-corrected chi connectivity index (χ3v) is 32.3. The summed E-state index contributed by atoms with van der Waals surface area (Å²) in [5.41, 5.74) is 33.3. The lowest BCUT2D eigenvalue weighted by Crippen LogP contribution is -2.18. The zero-order valence-electron chi connectivity index (χ0n) is 28.7. The van der Waals surface area contributed by atoms with E-state index in [1.807, 2.05) is 12.5 Å². The average molecular weight is 1120 g/mol. The van der Waals surface area contributed by atoms with E-state index in [-0.39, 0.29) is 29.4 Å². The Hall–Kier alpha value is 0.780. The molecule has 0 saturated heterocycles. The van der Waals surface area contributed by atoms with Crippen molar-refractivity contribution < 1.29 is 28.8 Å². The molecule has 6 aliphatic heterocycles. The highest BCUT2D eigenvalue weighted by Crippen LogP contribution is 2.68.